The van der Waals surface area contributed by atoms with Gasteiger partial charge < -0.3 is 14.4 Å². The maximum Gasteiger partial charge on any atom is 0.259 e. The van der Waals surface area contributed by atoms with Gasteiger partial charge in [0.05, 0.1) is 0 Å². The molecule has 0 unspecified atom stereocenters. The largest absolute Gasteiger partial charge is 0.349 e. The normalized spacial score (nSPS) is 19.6. The van der Waals surface area contributed by atoms with Crippen molar-refractivity contribution >= 4 is 11.8 Å². The molecule has 2 amide bonds. The Hall–Kier alpha value is -2.93. The van der Waals surface area contributed by atoms with Gasteiger partial charge in [0.15, 0.2) is 0 Å². The van der Waals surface area contributed by atoms with Crippen molar-refractivity contribution in [2.75, 3.05) is 39.3 Å². The van der Waals surface area contributed by atoms with Crippen molar-refractivity contribution in [2.45, 2.75) is 64.5 Å². The lowest BCUT2D eigenvalue weighted by Gasteiger charge is -2.35. The molecule has 2 saturated heterocycles. The smallest absolute Gasteiger partial charge is 0.259 e. The van der Waals surface area contributed by atoms with E-state index in [4.69, 9.17) is 0 Å². The van der Waals surface area contributed by atoms with E-state index in [2.05, 4.69) is 36.1 Å². The zero-order chi connectivity index (χ0) is 25.1. The summed E-state index contributed by atoms with van der Waals surface area (Å²) < 4.78 is 1.99. The van der Waals surface area contributed by atoms with E-state index < -0.39 is 5.43 Å². The summed E-state index contributed by atoms with van der Waals surface area (Å²) in [6.45, 7) is 7.02. The Morgan fingerprint density at radius 3 is 2.03 bits per heavy atom. The number of carbonyl (C=O) groups excluding carboxylic acids is 2. The van der Waals surface area contributed by atoms with Crippen molar-refractivity contribution in [1.82, 2.24) is 19.3 Å². The van der Waals surface area contributed by atoms with E-state index in [1.54, 1.807) is 22.2 Å². The number of nitrogens with zero attached hydrogens (tertiary/aromatic N) is 4. The first kappa shape index (κ1) is 24.8. The molecule has 1 aliphatic carbocycles. The van der Waals surface area contributed by atoms with Crippen molar-refractivity contribution in [3.63, 3.8) is 0 Å². The molecule has 3 fully saturated rings. The highest BCUT2D eigenvalue weighted by molar-refractivity contribution is 5.99. The van der Waals surface area contributed by atoms with Crippen molar-refractivity contribution in [3.05, 3.63) is 69.1 Å². The van der Waals surface area contributed by atoms with Gasteiger partial charge in [-0.2, -0.15) is 0 Å². The van der Waals surface area contributed by atoms with Crippen molar-refractivity contribution in [1.29, 1.82) is 0 Å². The summed E-state index contributed by atoms with van der Waals surface area (Å²) in [5.41, 5.74) is 2.42. The number of amides is 2. The maximum absolute atomic E-state index is 13.6. The molecule has 3 aliphatic rings. The van der Waals surface area contributed by atoms with Gasteiger partial charge in [-0.25, -0.2) is 0 Å². The maximum atomic E-state index is 13.6. The highest BCUT2D eigenvalue weighted by atomic mass is 16.2. The molecule has 0 bridgehead atoms. The molecular weight excluding hydrogens is 452 g/mol. The zero-order valence-electron chi connectivity index (χ0n) is 21.5. The van der Waals surface area contributed by atoms with E-state index in [1.165, 1.54) is 11.1 Å². The van der Waals surface area contributed by atoms with Gasteiger partial charge in [-0.1, -0.05) is 42.7 Å². The first-order valence-corrected chi connectivity index (χ1v) is 13.6. The molecule has 192 valence electrons. The van der Waals surface area contributed by atoms with E-state index >= 15 is 0 Å². The highest BCUT2D eigenvalue weighted by Gasteiger charge is 2.29. The highest BCUT2D eigenvalue weighted by Crippen LogP contribution is 2.29. The molecule has 2 aliphatic heterocycles. The molecule has 0 radical (unpaired) electrons. The number of pyridine rings is 1. The number of likely N-dealkylation sites (tertiary alicyclic amines) is 1. The Morgan fingerprint density at radius 2 is 1.42 bits per heavy atom. The van der Waals surface area contributed by atoms with Gasteiger partial charge >= 0.3 is 0 Å². The van der Waals surface area contributed by atoms with Crippen LogP contribution in [-0.2, 0) is 6.54 Å². The number of aryl methyl sites for hydroxylation is 1. The summed E-state index contributed by atoms with van der Waals surface area (Å²) in [5, 5.41) is 0. The summed E-state index contributed by atoms with van der Waals surface area (Å²) in [5.74, 6) is -0.459. The molecule has 0 atom stereocenters. The van der Waals surface area contributed by atoms with Crippen LogP contribution in [0.2, 0.25) is 0 Å². The fourth-order valence-corrected chi connectivity index (χ4v) is 5.93. The monoisotopic (exact) mass is 490 g/mol. The molecule has 2 aromatic rings. The average molecular weight is 491 g/mol. The average Bonchev–Trinajstić information content (AvgIpc) is 3.44. The molecule has 5 rings (SSSR count). The number of rotatable bonds is 5. The van der Waals surface area contributed by atoms with Crippen molar-refractivity contribution in [2.24, 2.45) is 0 Å². The number of piperidine rings is 1. The number of carbonyl (C=O) groups is 2. The van der Waals surface area contributed by atoms with E-state index in [9.17, 15) is 14.4 Å². The Morgan fingerprint density at radius 1 is 0.806 bits per heavy atom. The quantitative estimate of drug-likeness (QED) is 0.639. The molecule has 0 N–H and O–H groups in total. The summed E-state index contributed by atoms with van der Waals surface area (Å²) in [6, 6.07) is 8.77. The third-order valence-electron chi connectivity index (χ3n) is 8.04. The van der Waals surface area contributed by atoms with Crippen LogP contribution in [0.3, 0.4) is 0 Å². The Kier molecular flexibility index (Phi) is 7.56. The Labute approximate surface area is 213 Å². The van der Waals surface area contributed by atoms with Crippen LogP contribution in [0.5, 0.6) is 0 Å². The van der Waals surface area contributed by atoms with Crippen LogP contribution in [0.25, 0.3) is 0 Å². The molecule has 1 saturated carbocycles. The predicted molar refractivity (Wildman–Crippen MR) is 140 cm³/mol. The van der Waals surface area contributed by atoms with Crippen molar-refractivity contribution in [3.8, 4) is 0 Å². The van der Waals surface area contributed by atoms with Crippen LogP contribution in [0.4, 0.5) is 0 Å². The summed E-state index contributed by atoms with van der Waals surface area (Å²) in [7, 11) is 0. The van der Waals surface area contributed by atoms with Crippen LogP contribution in [0.15, 0.2) is 41.5 Å². The zero-order valence-corrected chi connectivity index (χ0v) is 21.5. The number of piperazine rings is 1. The number of benzene rings is 1. The van der Waals surface area contributed by atoms with Gasteiger partial charge in [-0.15, -0.1) is 0 Å². The van der Waals surface area contributed by atoms with Gasteiger partial charge in [0.1, 0.15) is 11.1 Å². The lowest BCUT2D eigenvalue weighted by atomic mass is 10.1. The molecule has 36 heavy (non-hydrogen) atoms. The van der Waals surface area contributed by atoms with Crippen LogP contribution in [-0.4, -0.2) is 70.3 Å². The molecule has 7 nitrogen and oxygen atoms in total. The van der Waals surface area contributed by atoms with Gasteiger partial charge in [-0.3, -0.25) is 19.3 Å². The molecular formula is C29H38N4O3. The topological polar surface area (TPSA) is 65.9 Å². The molecule has 7 heteroatoms. The van der Waals surface area contributed by atoms with Gasteiger partial charge in [0, 0.05) is 64.2 Å². The standard InChI is InChI=1S/C29H38N4O3/c1-22-8-7-9-23(18-22)19-30-14-16-32(17-15-30)29(36)26-21-33(24-10-3-4-11-24)20-25(27(26)34)28(35)31-12-5-2-6-13-31/h7-9,18,20-21,24H,2-6,10-17,19H2,1H3. The third-order valence-corrected chi connectivity index (χ3v) is 8.04. The first-order valence-electron chi connectivity index (χ1n) is 13.6. The number of aromatic nitrogens is 1. The SMILES string of the molecule is Cc1cccc(CN2CCN(C(=O)c3cn(C4CCCC4)cc(C(=O)N4CCCCC4)c3=O)CC2)c1. The second-order valence-corrected chi connectivity index (χ2v) is 10.7. The van der Waals surface area contributed by atoms with Crippen LogP contribution < -0.4 is 5.43 Å². The van der Waals surface area contributed by atoms with Crippen LogP contribution in [0, 0.1) is 6.92 Å². The Bertz CT molecular complexity index is 1150. The summed E-state index contributed by atoms with van der Waals surface area (Å²) in [4.78, 5) is 46.4. The molecule has 1 aromatic carbocycles. The molecule has 0 spiro atoms. The van der Waals surface area contributed by atoms with E-state index in [1.807, 2.05) is 4.57 Å². The second-order valence-electron chi connectivity index (χ2n) is 10.7. The predicted octanol–water partition coefficient (Wildman–Crippen LogP) is 3.86. The summed E-state index contributed by atoms with van der Waals surface area (Å²) in [6.07, 6.45) is 10.8. The summed E-state index contributed by atoms with van der Waals surface area (Å²) >= 11 is 0. The van der Waals surface area contributed by atoms with Gasteiger partial charge in [0.25, 0.3) is 11.8 Å². The second kappa shape index (κ2) is 11.0. The van der Waals surface area contributed by atoms with E-state index in [0.29, 0.717) is 26.2 Å². The Balaban J connectivity index is 1.35. The van der Waals surface area contributed by atoms with Gasteiger partial charge in [0.2, 0.25) is 5.43 Å². The van der Waals surface area contributed by atoms with Crippen LogP contribution in [0.1, 0.15) is 82.8 Å². The fourth-order valence-electron chi connectivity index (χ4n) is 5.93. The first-order chi connectivity index (χ1) is 17.5. The minimum atomic E-state index is -0.410. The van der Waals surface area contributed by atoms with E-state index in [0.717, 1.165) is 64.6 Å². The number of hydrogen-bond acceptors (Lipinski definition) is 4. The minimum Gasteiger partial charge on any atom is -0.349 e. The van der Waals surface area contributed by atoms with Crippen LogP contribution >= 0.6 is 0 Å². The third kappa shape index (κ3) is 5.41. The molecule has 3 heterocycles. The van der Waals surface area contributed by atoms with Gasteiger partial charge in [-0.05, 0) is 44.6 Å². The van der Waals surface area contributed by atoms with Crippen molar-refractivity contribution < 1.29 is 9.59 Å². The lowest BCUT2D eigenvalue weighted by molar-refractivity contribution is 0.0626. The molecule has 1 aromatic heterocycles. The minimum absolute atomic E-state index is 0.150. The lowest BCUT2D eigenvalue weighted by Crippen LogP contribution is -2.49. The number of hydrogen-bond donors (Lipinski definition) is 0. The fraction of sp³-hybridized carbons (Fsp3) is 0.552. The van der Waals surface area contributed by atoms with E-state index in [-0.39, 0.29) is 29.0 Å².